The molecule has 0 saturated heterocycles. The molecule has 3 rings (SSSR count). The van der Waals surface area contributed by atoms with Crippen LogP contribution in [0.4, 0.5) is 0 Å². The number of fused-ring (bicyclic) bond motifs is 1. The summed E-state index contributed by atoms with van der Waals surface area (Å²) >= 11 is 0. The third-order valence-electron chi connectivity index (χ3n) is 7.25. The second-order valence-electron chi connectivity index (χ2n) is 8.23. The average molecular weight is 348 g/mol. The summed E-state index contributed by atoms with van der Waals surface area (Å²) in [5.74, 6) is -0.712. The minimum atomic E-state index is -1.14. The number of carboxylic acids is 1. The Balaban J connectivity index is 1.90. The minimum Gasteiger partial charge on any atom is -0.481 e. The molecule has 1 aliphatic heterocycles. The SMILES string of the molecule is CC1=CCC[C@@H]2[C@@]1(C(=O)O)CC[C@@H](C)[C@@]2(C)CCC1=CC(O)OC1=O. The van der Waals surface area contributed by atoms with Crippen LogP contribution in [0, 0.1) is 22.7 Å². The summed E-state index contributed by atoms with van der Waals surface area (Å²) in [6, 6.07) is 0. The molecule has 138 valence electrons. The lowest BCUT2D eigenvalue weighted by Gasteiger charge is -2.57. The Morgan fingerprint density at radius 2 is 2.12 bits per heavy atom. The topological polar surface area (TPSA) is 83.8 Å². The maximum atomic E-state index is 12.3. The number of allylic oxidation sites excluding steroid dienone is 1. The first kappa shape index (κ1) is 18.2. The van der Waals surface area contributed by atoms with E-state index in [2.05, 4.69) is 19.9 Å². The van der Waals surface area contributed by atoms with Gasteiger partial charge in [-0.1, -0.05) is 25.5 Å². The summed E-state index contributed by atoms with van der Waals surface area (Å²) in [6.45, 7) is 6.36. The molecule has 2 N–H and O–H groups in total. The van der Waals surface area contributed by atoms with E-state index in [1.807, 2.05) is 6.92 Å². The van der Waals surface area contributed by atoms with E-state index in [1.165, 1.54) is 6.08 Å². The number of aliphatic hydroxyl groups is 1. The number of hydrogen-bond donors (Lipinski definition) is 2. The van der Waals surface area contributed by atoms with E-state index in [-0.39, 0.29) is 11.3 Å². The largest absolute Gasteiger partial charge is 0.481 e. The van der Waals surface area contributed by atoms with Gasteiger partial charge in [-0.3, -0.25) is 4.79 Å². The van der Waals surface area contributed by atoms with Gasteiger partial charge in [-0.05, 0) is 68.8 Å². The standard InChI is InChI=1S/C20H28O5/c1-12-7-10-20(18(23)24)13(2)5-4-6-15(20)19(12,3)9-8-14-11-16(21)25-17(14)22/h5,11-12,15-16,21H,4,6-10H2,1-3H3,(H,23,24)/t12-,15+,16?,19-,20-/m1/s1. The van der Waals surface area contributed by atoms with Gasteiger partial charge >= 0.3 is 11.9 Å². The summed E-state index contributed by atoms with van der Waals surface area (Å²) < 4.78 is 4.78. The molecule has 0 amide bonds. The van der Waals surface area contributed by atoms with Crippen molar-refractivity contribution in [1.29, 1.82) is 0 Å². The zero-order valence-electron chi connectivity index (χ0n) is 15.2. The van der Waals surface area contributed by atoms with Crippen LogP contribution in [0.3, 0.4) is 0 Å². The normalized spacial score (nSPS) is 40.8. The maximum Gasteiger partial charge on any atom is 0.336 e. The van der Waals surface area contributed by atoms with Crippen LogP contribution in [-0.2, 0) is 14.3 Å². The van der Waals surface area contributed by atoms with Crippen LogP contribution >= 0.6 is 0 Å². The number of ether oxygens (including phenoxy) is 1. The van der Waals surface area contributed by atoms with Crippen molar-refractivity contribution in [3.63, 3.8) is 0 Å². The Morgan fingerprint density at radius 3 is 2.72 bits per heavy atom. The average Bonchev–Trinajstić information content (AvgIpc) is 2.87. The van der Waals surface area contributed by atoms with E-state index < -0.39 is 23.6 Å². The summed E-state index contributed by atoms with van der Waals surface area (Å²) in [5, 5.41) is 19.6. The molecule has 2 aliphatic carbocycles. The van der Waals surface area contributed by atoms with Crippen molar-refractivity contribution in [1.82, 2.24) is 0 Å². The smallest absolute Gasteiger partial charge is 0.336 e. The van der Waals surface area contributed by atoms with Gasteiger partial charge in [0.25, 0.3) is 0 Å². The summed E-state index contributed by atoms with van der Waals surface area (Å²) in [4.78, 5) is 24.1. The van der Waals surface area contributed by atoms with Gasteiger partial charge in [0.2, 0.25) is 6.29 Å². The van der Waals surface area contributed by atoms with Crippen molar-refractivity contribution >= 4 is 11.9 Å². The zero-order valence-corrected chi connectivity index (χ0v) is 15.2. The molecule has 0 aromatic heterocycles. The molecule has 0 aromatic carbocycles. The monoisotopic (exact) mass is 348 g/mol. The maximum absolute atomic E-state index is 12.3. The first-order valence-corrected chi connectivity index (χ1v) is 9.22. The van der Waals surface area contributed by atoms with Gasteiger partial charge in [0, 0.05) is 5.57 Å². The van der Waals surface area contributed by atoms with E-state index in [1.54, 1.807) is 0 Å². The van der Waals surface area contributed by atoms with Gasteiger partial charge < -0.3 is 14.9 Å². The number of rotatable bonds is 4. The molecule has 5 atom stereocenters. The predicted octanol–water partition coefficient (Wildman–Crippen LogP) is 3.43. The number of aliphatic hydroxyl groups excluding tert-OH is 1. The first-order chi connectivity index (χ1) is 11.7. The fourth-order valence-corrected chi connectivity index (χ4v) is 5.45. The second-order valence-corrected chi connectivity index (χ2v) is 8.23. The van der Waals surface area contributed by atoms with Crippen LogP contribution in [0.15, 0.2) is 23.3 Å². The summed E-state index contributed by atoms with van der Waals surface area (Å²) in [7, 11) is 0. The lowest BCUT2D eigenvalue weighted by molar-refractivity contribution is -0.162. The minimum absolute atomic E-state index is 0.0641. The molecule has 1 fully saturated rings. The molecule has 0 spiro atoms. The van der Waals surface area contributed by atoms with Crippen molar-refractivity contribution in [3.05, 3.63) is 23.3 Å². The molecule has 0 bridgehead atoms. The lowest BCUT2D eigenvalue weighted by atomic mass is 9.46. The highest BCUT2D eigenvalue weighted by Crippen LogP contribution is 2.62. The molecule has 25 heavy (non-hydrogen) atoms. The molecule has 5 nitrogen and oxygen atoms in total. The Morgan fingerprint density at radius 1 is 1.40 bits per heavy atom. The van der Waals surface area contributed by atoms with Gasteiger partial charge in [0.15, 0.2) is 0 Å². The number of aliphatic carboxylic acids is 1. The number of carbonyl (C=O) groups excluding carboxylic acids is 1. The highest BCUT2D eigenvalue weighted by molar-refractivity contribution is 5.90. The second kappa shape index (κ2) is 6.27. The third kappa shape index (κ3) is 2.73. The highest BCUT2D eigenvalue weighted by atomic mass is 16.6. The molecule has 5 heteroatoms. The molecular formula is C20H28O5. The van der Waals surface area contributed by atoms with Crippen molar-refractivity contribution in [2.45, 2.75) is 65.6 Å². The molecule has 1 unspecified atom stereocenters. The van der Waals surface area contributed by atoms with Crippen LogP contribution in [-0.4, -0.2) is 28.4 Å². The number of carbonyl (C=O) groups is 2. The van der Waals surface area contributed by atoms with Crippen LogP contribution < -0.4 is 0 Å². The van der Waals surface area contributed by atoms with Crippen molar-refractivity contribution in [2.75, 3.05) is 0 Å². The fourth-order valence-electron chi connectivity index (χ4n) is 5.45. The van der Waals surface area contributed by atoms with Crippen molar-refractivity contribution < 1.29 is 24.5 Å². The van der Waals surface area contributed by atoms with Crippen LogP contribution in [0.25, 0.3) is 0 Å². The van der Waals surface area contributed by atoms with E-state index in [9.17, 15) is 19.8 Å². The third-order valence-corrected chi connectivity index (χ3v) is 7.25. The first-order valence-electron chi connectivity index (χ1n) is 9.22. The van der Waals surface area contributed by atoms with Crippen molar-refractivity contribution in [3.8, 4) is 0 Å². The quantitative estimate of drug-likeness (QED) is 0.601. The Kier molecular flexibility index (Phi) is 4.56. The van der Waals surface area contributed by atoms with Gasteiger partial charge in [-0.15, -0.1) is 0 Å². The van der Waals surface area contributed by atoms with E-state index in [0.717, 1.165) is 31.3 Å². The van der Waals surface area contributed by atoms with E-state index in [4.69, 9.17) is 4.74 Å². The number of carboxylic acid groups (broad SMARTS) is 1. The summed E-state index contributed by atoms with van der Waals surface area (Å²) in [5.41, 5.74) is 0.560. The molecule has 0 radical (unpaired) electrons. The molecule has 3 aliphatic rings. The van der Waals surface area contributed by atoms with E-state index in [0.29, 0.717) is 24.3 Å². The summed E-state index contributed by atoms with van der Waals surface area (Å²) in [6.07, 6.45) is 7.02. The van der Waals surface area contributed by atoms with Gasteiger partial charge in [-0.2, -0.15) is 0 Å². The molecule has 0 aromatic rings. The van der Waals surface area contributed by atoms with Crippen LogP contribution in [0.1, 0.15) is 59.3 Å². The molecule has 1 saturated carbocycles. The Bertz CT molecular complexity index is 648. The zero-order chi connectivity index (χ0) is 18.4. The van der Waals surface area contributed by atoms with Crippen LogP contribution in [0.2, 0.25) is 0 Å². The number of hydrogen-bond acceptors (Lipinski definition) is 4. The van der Waals surface area contributed by atoms with Crippen molar-refractivity contribution in [2.24, 2.45) is 22.7 Å². The molecular weight excluding hydrogens is 320 g/mol. The Hall–Kier alpha value is -1.62. The lowest BCUT2D eigenvalue weighted by Crippen LogP contribution is -2.54. The van der Waals surface area contributed by atoms with E-state index >= 15 is 0 Å². The van der Waals surface area contributed by atoms with Gasteiger partial charge in [-0.25, -0.2) is 4.79 Å². The number of esters is 1. The van der Waals surface area contributed by atoms with Gasteiger partial charge in [0.05, 0.1) is 5.41 Å². The fraction of sp³-hybridized carbons (Fsp3) is 0.700. The Labute approximate surface area is 148 Å². The van der Waals surface area contributed by atoms with Crippen LogP contribution in [0.5, 0.6) is 0 Å². The number of cyclic esters (lactones) is 1. The predicted molar refractivity (Wildman–Crippen MR) is 92.5 cm³/mol. The van der Waals surface area contributed by atoms with Gasteiger partial charge in [0.1, 0.15) is 0 Å². The highest BCUT2D eigenvalue weighted by Gasteiger charge is 2.59. The molecule has 1 heterocycles.